The van der Waals surface area contributed by atoms with Crippen molar-refractivity contribution >= 4 is 5.91 Å². The topological polar surface area (TPSA) is 53.4 Å². The van der Waals surface area contributed by atoms with Crippen molar-refractivity contribution in [1.29, 1.82) is 0 Å². The lowest BCUT2D eigenvalue weighted by Crippen LogP contribution is -2.43. The molecule has 0 bridgehead atoms. The Morgan fingerprint density at radius 1 is 0.967 bits per heavy atom. The number of likely N-dealkylation sites (N-methyl/N-ethyl adjacent to an activating group) is 1. The summed E-state index contributed by atoms with van der Waals surface area (Å²) in [4.78, 5) is 17.4. The molecule has 0 unspecified atom stereocenters. The summed E-state index contributed by atoms with van der Waals surface area (Å²) in [6.07, 6.45) is 0. The molecule has 3 aromatic rings. The van der Waals surface area contributed by atoms with Crippen LogP contribution in [0.25, 0.3) is 5.69 Å². The van der Waals surface area contributed by atoms with E-state index in [4.69, 9.17) is 0 Å². The maximum atomic E-state index is 12.6. The highest BCUT2D eigenvalue weighted by molar-refractivity contribution is 5.92. The first-order valence-corrected chi connectivity index (χ1v) is 10.5. The minimum absolute atomic E-state index is 0.158. The zero-order valence-corrected chi connectivity index (χ0v) is 17.7. The van der Waals surface area contributed by atoms with Crippen LogP contribution in [0.15, 0.2) is 60.7 Å². The molecule has 1 N–H and O–H groups in total. The Bertz CT molecular complexity index is 973. The summed E-state index contributed by atoms with van der Waals surface area (Å²) in [6.45, 7) is 7.91. The molecule has 1 fully saturated rings. The van der Waals surface area contributed by atoms with E-state index in [0.717, 1.165) is 49.7 Å². The minimum atomic E-state index is -0.158. The SMILES string of the molecule is Cc1cc(C(=O)NCc2ccc(CN3CCN(C)CC3)cc2)nn1-c1ccccc1. The van der Waals surface area contributed by atoms with Gasteiger partial charge in [0.15, 0.2) is 5.69 Å². The number of carbonyl (C=O) groups excluding carboxylic acids is 1. The number of carbonyl (C=O) groups is 1. The van der Waals surface area contributed by atoms with Crippen molar-refractivity contribution in [2.24, 2.45) is 0 Å². The number of hydrogen-bond donors (Lipinski definition) is 1. The van der Waals surface area contributed by atoms with Gasteiger partial charge in [-0.1, -0.05) is 42.5 Å². The van der Waals surface area contributed by atoms with Crippen LogP contribution in [0.2, 0.25) is 0 Å². The molecule has 1 aliphatic rings. The third-order valence-electron chi connectivity index (χ3n) is 5.60. The molecule has 1 aromatic heterocycles. The molecule has 0 radical (unpaired) electrons. The van der Waals surface area contributed by atoms with Crippen LogP contribution in [0.4, 0.5) is 0 Å². The maximum absolute atomic E-state index is 12.6. The molecule has 156 valence electrons. The molecule has 4 rings (SSSR count). The van der Waals surface area contributed by atoms with Gasteiger partial charge in [0.25, 0.3) is 5.91 Å². The highest BCUT2D eigenvalue weighted by Crippen LogP contribution is 2.13. The number of aromatic nitrogens is 2. The lowest BCUT2D eigenvalue weighted by Gasteiger charge is -2.32. The van der Waals surface area contributed by atoms with Crippen molar-refractivity contribution < 1.29 is 4.79 Å². The number of piperazine rings is 1. The Labute approximate surface area is 178 Å². The molecule has 0 spiro atoms. The normalized spacial score (nSPS) is 15.3. The summed E-state index contributed by atoms with van der Waals surface area (Å²) in [5, 5.41) is 7.45. The Hall–Kier alpha value is -2.96. The first-order chi connectivity index (χ1) is 14.6. The second kappa shape index (κ2) is 9.24. The number of nitrogens with zero attached hydrogens (tertiary/aromatic N) is 4. The number of nitrogens with one attached hydrogen (secondary N) is 1. The second-order valence-corrected chi connectivity index (χ2v) is 8.00. The second-order valence-electron chi connectivity index (χ2n) is 8.00. The Morgan fingerprint density at radius 3 is 2.33 bits per heavy atom. The third kappa shape index (κ3) is 4.96. The lowest BCUT2D eigenvalue weighted by molar-refractivity contribution is 0.0945. The van der Waals surface area contributed by atoms with Crippen molar-refractivity contribution in [2.45, 2.75) is 20.0 Å². The summed E-state index contributed by atoms with van der Waals surface area (Å²) in [5.41, 5.74) is 4.71. The van der Waals surface area contributed by atoms with Crippen molar-refractivity contribution in [1.82, 2.24) is 24.9 Å². The van der Waals surface area contributed by atoms with Crippen LogP contribution < -0.4 is 5.32 Å². The molecule has 0 aliphatic carbocycles. The smallest absolute Gasteiger partial charge is 0.272 e. The first-order valence-electron chi connectivity index (χ1n) is 10.5. The largest absolute Gasteiger partial charge is 0.347 e. The van der Waals surface area contributed by atoms with Crippen LogP contribution in [-0.4, -0.2) is 58.7 Å². The molecule has 2 heterocycles. The van der Waals surface area contributed by atoms with E-state index in [-0.39, 0.29) is 5.91 Å². The average molecular weight is 404 g/mol. The number of para-hydroxylation sites is 1. The summed E-state index contributed by atoms with van der Waals surface area (Å²) in [7, 11) is 2.17. The van der Waals surface area contributed by atoms with Crippen molar-refractivity contribution in [3.05, 3.63) is 83.2 Å². The van der Waals surface area contributed by atoms with Crippen LogP contribution in [0.3, 0.4) is 0 Å². The first kappa shape index (κ1) is 20.3. The fourth-order valence-electron chi connectivity index (χ4n) is 3.72. The number of amides is 1. The van der Waals surface area contributed by atoms with Crippen LogP contribution in [0.5, 0.6) is 0 Å². The van der Waals surface area contributed by atoms with Gasteiger partial charge in [0.05, 0.1) is 5.69 Å². The van der Waals surface area contributed by atoms with E-state index in [1.165, 1.54) is 5.56 Å². The maximum Gasteiger partial charge on any atom is 0.272 e. The molecule has 6 heteroatoms. The van der Waals surface area contributed by atoms with E-state index >= 15 is 0 Å². The van der Waals surface area contributed by atoms with Crippen LogP contribution in [0.1, 0.15) is 27.3 Å². The summed E-state index contributed by atoms with van der Waals surface area (Å²) in [6, 6.07) is 20.2. The van der Waals surface area contributed by atoms with Gasteiger partial charge in [-0.25, -0.2) is 4.68 Å². The lowest BCUT2D eigenvalue weighted by atomic mass is 10.1. The van der Waals surface area contributed by atoms with Crippen molar-refractivity contribution in [3.63, 3.8) is 0 Å². The quantitative estimate of drug-likeness (QED) is 0.688. The monoisotopic (exact) mass is 403 g/mol. The van der Waals surface area contributed by atoms with Gasteiger partial charge in [-0.15, -0.1) is 0 Å². The Morgan fingerprint density at radius 2 is 1.63 bits per heavy atom. The zero-order chi connectivity index (χ0) is 20.9. The van der Waals surface area contributed by atoms with Crippen LogP contribution in [-0.2, 0) is 13.1 Å². The molecule has 0 saturated carbocycles. The molecule has 1 saturated heterocycles. The Kier molecular flexibility index (Phi) is 6.26. The van der Waals surface area contributed by atoms with E-state index in [0.29, 0.717) is 12.2 Å². The van der Waals surface area contributed by atoms with E-state index in [2.05, 4.69) is 51.5 Å². The number of aryl methyl sites for hydroxylation is 1. The van der Waals surface area contributed by atoms with Gasteiger partial charge in [-0.2, -0.15) is 5.10 Å². The summed E-state index contributed by atoms with van der Waals surface area (Å²) >= 11 is 0. The highest BCUT2D eigenvalue weighted by atomic mass is 16.1. The summed E-state index contributed by atoms with van der Waals surface area (Å²) in [5.74, 6) is -0.158. The van der Waals surface area contributed by atoms with Gasteiger partial charge in [0.2, 0.25) is 0 Å². The highest BCUT2D eigenvalue weighted by Gasteiger charge is 2.15. The Balaban J connectivity index is 1.32. The fraction of sp³-hybridized carbons (Fsp3) is 0.333. The predicted octanol–water partition coefficient (Wildman–Crippen LogP) is 2.86. The molecule has 1 amide bonds. The molecule has 2 aromatic carbocycles. The van der Waals surface area contributed by atoms with Gasteiger partial charge >= 0.3 is 0 Å². The van der Waals surface area contributed by atoms with Crippen molar-refractivity contribution in [3.8, 4) is 5.69 Å². The van der Waals surface area contributed by atoms with E-state index in [9.17, 15) is 4.79 Å². The number of hydrogen-bond acceptors (Lipinski definition) is 4. The van der Waals surface area contributed by atoms with Crippen LogP contribution in [0, 0.1) is 6.92 Å². The van der Waals surface area contributed by atoms with Crippen LogP contribution >= 0.6 is 0 Å². The minimum Gasteiger partial charge on any atom is -0.347 e. The van der Waals surface area contributed by atoms with Gasteiger partial charge in [0, 0.05) is 45.0 Å². The van der Waals surface area contributed by atoms with Gasteiger partial charge in [-0.3, -0.25) is 9.69 Å². The van der Waals surface area contributed by atoms with Gasteiger partial charge < -0.3 is 10.2 Å². The zero-order valence-electron chi connectivity index (χ0n) is 17.7. The molecule has 1 aliphatic heterocycles. The average Bonchev–Trinajstić information content (AvgIpc) is 3.17. The van der Waals surface area contributed by atoms with E-state index in [1.54, 1.807) is 4.68 Å². The van der Waals surface area contributed by atoms with E-state index in [1.807, 2.05) is 43.3 Å². The third-order valence-corrected chi connectivity index (χ3v) is 5.60. The molecule has 6 nitrogen and oxygen atoms in total. The number of benzene rings is 2. The molecular formula is C24H29N5O. The molecular weight excluding hydrogens is 374 g/mol. The predicted molar refractivity (Wildman–Crippen MR) is 119 cm³/mol. The summed E-state index contributed by atoms with van der Waals surface area (Å²) < 4.78 is 1.79. The fourth-order valence-corrected chi connectivity index (χ4v) is 3.72. The number of rotatable bonds is 6. The standard InChI is InChI=1S/C24H29N5O/c1-19-16-23(26-29(19)22-6-4-3-5-7-22)24(30)25-17-20-8-10-21(11-9-20)18-28-14-12-27(2)13-15-28/h3-11,16H,12-15,17-18H2,1-2H3,(H,25,30). The molecule has 30 heavy (non-hydrogen) atoms. The van der Waals surface area contributed by atoms with Crippen molar-refractivity contribution in [2.75, 3.05) is 33.2 Å². The van der Waals surface area contributed by atoms with E-state index < -0.39 is 0 Å². The molecule has 0 atom stereocenters. The van der Waals surface area contributed by atoms with Gasteiger partial charge in [0.1, 0.15) is 0 Å². The van der Waals surface area contributed by atoms with Gasteiger partial charge in [-0.05, 0) is 43.3 Å².